The number of fused-ring (bicyclic) bond motifs is 9. The van der Waals surface area contributed by atoms with Crippen molar-refractivity contribution in [2.24, 2.45) is 115 Å². The van der Waals surface area contributed by atoms with Crippen molar-refractivity contribution in [3.63, 3.8) is 0 Å². The van der Waals surface area contributed by atoms with Crippen LogP contribution in [0.3, 0.4) is 0 Å². The molecule has 0 spiro atoms. The summed E-state index contributed by atoms with van der Waals surface area (Å²) in [4.78, 5) is 49.6. The van der Waals surface area contributed by atoms with Crippen LogP contribution in [0.1, 0.15) is 221 Å². The van der Waals surface area contributed by atoms with Crippen molar-refractivity contribution in [1.82, 2.24) is 0 Å². The summed E-state index contributed by atoms with van der Waals surface area (Å²) < 4.78 is 121. The van der Waals surface area contributed by atoms with Crippen molar-refractivity contribution in [2.75, 3.05) is 26.9 Å². The normalized spacial score (nSPS) is 49.4. The monoisotopic (exact) mass is 1640 g/mol. The number of benzene rings is 2. The van der Waals surface area contributed by atoms with Crippen molar-refractivity contribution in [3.8, 4) is 0 Å². The Morgan fingerprint density at radius 2 is 1.24 bits per heavy atom. The zero-order valence-corrected chi connectivity index (χ0v) is 74.6. The van der Waals surface area contributed by atoms with Gasteiger partial charge in [-0.2, -0.15) is 0 Å². The lowest BCUT2D eigenvalue weighted by Gasteiger charge is -2.72. The highest BCUT2D eigenvalue weighted by molar-refractivity contribution is 5.81. The molecule has 12 fully saturated rings. The van der Waals surface area contributed by atoms with Crippen molar-refractivity contribution < 1.29 is 94.9 Å². The zero-order valence-electron chi connectivity index (χ0n) is 74.6. The predicted octanol–water partition coefficient (Wildman–Crippen LogP) is 16.8. The third-order valence-electron chi connectivity index (χ3n) is 33.7. The highest BCUT2D eigenvalue weighted by atomic mass is 16.8. The average molecular weight is 1650 g/mol. The number of carbonyl (C=O) groups excluding carboxylic acids is 3. The minimum Gasteiger partial charge on any atom is -0.426 e. The van der Waals surface area contributed by atoms with E-state index in [0.29, 0.717) is 69.7 Å². The number of ether oxygens (including phenoxy) is 17. The van der Waals surface area contributed by atoms with Gasteiger partial charge in [-0.25, -0.2) is 0 Å². The third-order valence-corrected chi connectivity index (χ3v) is 33.7. The van der Waals surface area contributed by atoms with E-state index in [1.807, 2.05) is 83.1 Å². The predicted molar refractivity (Wildman–Crippen MR) is 439 cm³/mol. The van der Waals surface area contributed by atoms with Crippen molar-refractivity contribution in [2.45, 2.75) is 357 Å². The van der Waals surface area contributed by atoms with Gasteiger partial charge in [0.05, 0.1) is 93.3 Å². The van der Waals surface area contributed by atoms with Crippen LogP contribution in [0.25, 0.3) is 10.4 Å². The molecule has 8 aliphatic heterocycles. The summed E-state index contributed by atoms with van der Waals surface area (Å²) >= 11 is 0. The minimum atomic E-state index is -1.98. The zero-order chi connectivity index (χ0) is 84.5. The molecule has 2 aromatic rings. The summed E-state index contributed by atoms with van der Waals surface area (Å²) in [5.41, 5.74) is 9.83. The summed E-state index contributed by atoms with van der Waals surface area (Å²) in [6, 6.07) is 19.3. The van der Waals surface area contributed by atoms with E-state index in [1.54, 1.807) is 14.0 Å². The number of methoxy groups -OCH3 is 1. The van der Waals surface area contributed by atoms with Gasteiger partial charge in [-0.1, -0.05) is 195 Å². The standard InChI is InChI=1S/C95H141N3O20/c1-23-66-54(6)53(5)56(8)85(109-66)114-80-75(112-83-55(7)52(4)50(2)44-105-83)58(10)74(60(12)100)111-86(80)110-70-37-38-90(18)68(91(70,19)49-99)36-39-92(20)69(90)35-34-64-65-42-88(14,15)40-41-94(65,71(102-22)43-93(64,92)21)87(101)118-95(81-76(117-95)57(9)72(97-98-96)67(108-81)48-103-46-62-30-26-24-27-31-62)82-79-78(115-89(16,17)116-79)77(61(13)107-82)113-84-59(11)73(51(3)45-106-84)104-47-63-32-28-25-29-33-63/h24-34,49-59,61,65-86H,23,35-48H2,1-22H3/t50-,51-,52+,53+,54-,55?,56?,57?,58-,59?,61?,65?,66?,67?,68-,69?,70+,71?,72-,73?,74?,75+,76?,77+,78?,79?,80?,81-,82-,83+,84+,85+,86-,90?,91-,92+,93-,94-,95?/m1/s1. The lowest BCUT2D eigenvalue weighted by atomic mass is 9.33. The number of hydrogen-bond acceptors (Lipinski definition) is 21. The molecule has 0 bridgehead atoms. The largest absolute Gasteiger partial charge is 0.426 e. The molecule has 15 rings (SSSR count). The summed E-state index contributed by atoms with van der Waals surface area (Å²) in [7, 11) is 1.76. The fourth-order valence-electron chi connectivity index (χ4n) is 25.8. The van der Waals surface area contributed by atoms with Crippen LogP contribution in [-0.2, 0) is 108 Å². The topological polar surface area (TPSA) is 257 Å². The average Bonchev–Trinajstić information content (AvgIpc) is 0.691. The number of allylic oxidation sites excluding steroid dienone is 2. The molecular weight excluding hydrogens is 1500 g/mol. The molecular formula is C95H141N3O20. The van der Waals surface area contributed by atoms with Crippen LogP contribution in [-0.4, -0.2) is 179 Å². The van der Waals surface area contributed by atoms with Crippen LogP contribution in [0.2, 0.25) is 0 Å². The molecule has 0 aromatic heterocycles. The number of rotatable bonds is 23. The second-order valence-corrected chi connectivity index (χ2v) is 41.4. The Labute approximate surface area is 702 Å². The van der Waals surface area contributed by atoms with Gasteiger partial charge in [0.2, 0.25) is 0 Å². The molecule has 2 aromatic carbocycles. The van der Waals surface area contributed by atoms with Gasteiger partial charge in [-0.15, -0.1) is 0 Å². The molecule has 39 atom stereocenters. The molecule has 8 heterocycles. The summed E-state index contributed by atoms with van der Waals surface area (Å²) in [5.74, 6) is -3.88. The summed E-state index contributed by atoms with van der Waals surface area (Å²) in [5, 5.41) is 4.37. The smallest absolute Gasteiger partial charge is 0.318 e. The van der Waals surface area contributed by atoms with Gasteiger partial charge in [0.1, 0.15) is 42.2 Å². The fourth-order valence-corrected chi connectivity index (χ4v) is 25.8. The Morgan fingerprint density at radius 1 is 0.593 bits per heavy atom. The Morgan fingerprint density at radius 3 is 1.91 bits per heavy atom. The number of Topliss-reactive ketones (excluding diaryl/α,β-unsaturated/α-hetero) is 1. The SMILES string of the molecule is CCC1O[C@@H](OC2[C@H](O[C@H]3CCC4(C)C5CC=C6C7CC(C)(C)CC[C@]7(C(=O)OC7([C@@H]8OC(C)[C@H](O[C@@H]9OC[C@@H](C)C(OCc%10ccccc%10)C9C)C9OC(C)(C)OC98)OC8C(C)[C@@H](N=[N+]=[N-])C(COCc9ccccc9)O[C@H]87)C(OC)C[C@@]6(C)[C@@]5(C)CC[C@H]4[C@@]3(C)C=O)OC(C(C)=O)[C@@H](C)[C@@H]2O[C@@H]2OC[C@@H](C)[C@H](C)C2C)C(C)[C@@H](C)[C@H]1C. The molecule has 18 unspecified atom stereocenters. The minimum absolute atomic E-state index is 0.00548. The number of azide groups is 1. The van der Waals surface area contributed by atoms with E-state index in [9.17, 15) is 15.1 Å². The molecule has 23 heteroatoms. The van der Waals surface area contributed by atoms with Gasteiger partial charge in [-0.05, 0) is 178 Å². The van der Waals surface area contributed by atoms with Crippen LogP contribution in [0.15, 0.2) is 77.4 Å². The maximum atomic E-state index is 17.4. The van der Waals surface area contributed by atoms with Gasteiger partial charge in [0.15, 0.2) is 48.9 Å². The summed E-state index contributed by atoms with van der Waals surface area (Å²) in [6.45, 7) is 46.9. The molecule has 13 aliphatic rings. The van der Waals surface area contributed by atoms with Crippen LogP contribution in [0.5, 0.6) is 0 Å². The van der Waals surface area contributed by atoms with E-state index in [2.05, 4.69) is 132 Å². The molecule has 23 nitrogen and oxygen atoms in total. The molecule has 656 valence electrons. The van der Waals surface area contributed by atoms with Crippen molar-refractivity contribution in [1.29, 1.82) is 0 Å². The number of esters is 1. The Bertz CT molecular complexity index is 3940. The van der Waals surface area contributed by atoms with Gasteiger partial charge in [0, 0.05) is 41.6 Å². The molecule has 5 aliphatic carbocycles. The van der Waals surface area contributed by atoms with E-state index < -0.39 is 156 Å². The number of hydrogen-bond donors (Lipinski definition) is 0. The van der Waals surface area contributed by atoms with E-state index >= 15 is 4.79 Å². The van der Waals surface area contributed by atoms with Gasteiger partial charge in [-0.3, -0.25) is 9.59 Å². The number of aldehydes is 1. The fraction of sp³-hybridized carbons (Fsp3) is 0.821. The van der Waals surface area contributed by atoms with Gasteiger partial charge >= 0.3 is 5.97 Å². The first-order valence-corrected chi connectivity index (χ1v) is 45.2. The van der Waals surface area contributed by atoms with E-state index in [4.69, 9.17) is 80.5 Å². The third kappa shape index (κ3) is 15.2. The van der Waals surface area contributed by atoms with Crippen LogP contribution in [0, 0.1) is 109 Å². The molecule has 0 radical (unpaired) electrons. The van der Waals surface area contributed by atoms with Crippen molar-refractivity contribution >= 4 is 18.0 Å². The first-order valence-electron chi connectivity index (χ1n) is 45.2. The number of ketones is 1. The number of nitrogens with zero attached hydrogens (tertiary/aromatic N) is 3. The Kier molecular flexibility index (Phi) is 25.4. The maximum absolute atomic E-state index is 17.4. The van der Waals surface area contributed by atoms with Crippen LogP contribution in [0.4, 0.5) is 0 Å². The second-order valence-electron chi connectivity index (χ2n) is 41.4. The van der Waals surface area contributed by atoms with Crippen molar-refractivity contribution in [3.05, 3.63) is 93.9 Å². The van der Waals surface area contributed by atoms with Crippen LogP contribution < -0.4 is 0 Å². The first kappa shape index (κ1) is 88.5. The molecule has 0 amide bonds. The summed E-state index contributed by atoms with van der Waals surface area (Å²) in [6.07, 6.45) is -3.43. The first-order chi connectivity index (χ1) is 56.0. The van der Waals surface area contributed by atoms with E-state index in [0.717, 1.165) is 43.2 Å². The molecule has 0 N–H and O–H groups in total. The van der Waals surface area contributed by atoms with Gasteiger partial charge in [0.25, 0.3) is 5.79 Å². The van der Waals surface area contributed by atoms with Crippen LogP contribution >= 0.6 is 0 Å². The number of carbonyl (C=O) groups is 3. The van der Waals surface area contributed by atoms with E-state index in [-0.39, 0.29) is 94.8 Å². The lowest BCUT2D eigenvalue weighted by Crippen LogP contribution is -2.82. The molecule has 8 saturated heterocycles. The highest BCUT2D eigenvalue weighted by Gasteiger charge is 2.78. The van der Waals surface area contributed by atoms with Gasteiger partial charge < -0.3 is 85.3 Å². The van der Waals surface area contributed by atoms with E-state index in [1.165, 1.54) is 11.9 Å². The lowest BCUT2D eigenvalue weighted by molar-refractivity contribution is -0.465. The highest BCUT2D eigenvalue weighted by Crippen LogP contribution is 2.77. The maximum Gasteiger partial charge on any atom is 0.318 e. The second kappa shape index (κ2) is 33.9. The Hall–Kier alpha value is -4.34. The Balaban J connectivity index is 0.748. The quantitative estimate of drug-likeness (QED) is 0.0190. The molecule has 118 heavy (non-hydrogen) atoms. The molecule has 4 saturated carbocycles.